The quantitative estimate of drug-likeness (QED) is 0.120. The molecule has 42 heavy (non-hydrogen) atoms. The van der Waals surface area contributed by atoms with Gasteiger partial charge in [0.2, 0.25) is 5.91 Å². The number of benzene rings is 4. The van der Waals surface area contributed by atoms with Gasteiger partial charge in [-0.05, 0) is 72.7 Å². The van der Waals surface area contributed by atoms with Crippen molar-refractivity contribution in [1.82, 2.24) is 5.32 Å². The predicted octanol–water partition coefficient (Wildman–Crippen LogP) is 7.56. The normalized spacial score (nSPS) is 11.0. The zero-order valence-electron chi connectivity index (χ0n) is 22.7. The minimum Gasteiger partial charge on any atom is -0.495 e. The summed E-state index contributed by atoms with van der Waals surface area (Å²) in [5, 5.41) is 8.99. The van der Waals surface area contributed by atoms with Crippen LogP contribution in [0, 0.1) is 6.92 Å². The van der Waals surface area contributed by atoms with E-state index >= 15 is 0 Å². The number of thioether (sulfide) groups is 1. The Morgan fingerprint density at radius 3 is 2.43 bits per heavy atom. The fourth-order valence-electron chi connectivity index (χ4n) is 3.83. The first-order valence-corrected chi connectivity index (χ1v) is 14.9. The van der Waals surface area contributed by atoms with Crippen molar-refractivity contribution in [3.8, 4) is 5.75 Å². The number of methoxy groups -OCH3 is 1. The number of rotatable bonds is 10. The predicted molar refractivity (Wildman–Crippen MR) is 173 cm³/mol. The van der Waals surface area contributed by atoms with Gasteiger partial charge in [0, 0.05) is 31.7 Å². The number of aryl methyl sites for hydroxylation is 1. The van der Waals surface area contributed by atoms with E-state index in [0.29, 0.717) is 27.7 Å². The first kappa shape index (κ1) is 30.9. The summed E-state index contributed by atoms with van der Waals surface area (Å²) in [5.74, 6) is -0.528. The summed E-state index contributed by atoms with van der Waals surface area (Å²) in [6.45, 7) is 1.85. The molecule has 3 amide bonds. The van der Waals surface area contributed by atoms with Crippen molar-refractivity contribution in [3.63, 3.8) is 0 Å². The third-order valence-electron chi connectivity index (χ3n) is 5.91. The van der Waals surface area contributed by atoms with Gasteiger partial charge in [-0.3, -0.25) is 14.4 Å². The Balaban J connectivity index is 1.45. The molecular weight excluding hydrogens is 638 g/mol. The summed E-state index contributed by atoms with van der Waals surface area (Å²) in [4.78, 5) is 39.7. The van der Waals surface area contributed by atoms with Gasteiger partial charge in [-0.2, -0.15) is 0 Å². The zero-order valence-corrected chi connectivity index (χ0v) is 25.9. The standard InChI is InChI=1S/C32H27BrClN3O4S/c1-20-14-27(29(41-2)18-26(20)34)36-30(38)19-42-25-13-7-12-24(17-25)35-32(40)28(16-21-8-6-11-23(33)15-21)37-31(39)22-9-4-3-5-10-22/h3-18H,19H2,1-2H3,(H,35,40)(H,36,38)(H,37,39)/b28-16+. The monoisotopic (exact) mass is 663 g/mol. The molecule has 4 rings (SSSR count). The number of hydrogen-bond acceptors (Lipinski definition) is 5. The fraction of sp³-hybridized carbons (Fsp3) is 0.0938. The number of ether oxygens (including phenoxy) is 1. The number of carbonyl (C=O) groups is 3. The number of anilines is 2. The smallest absolute Gasteiger partial charge is 0.272 e. The molecule has 0 saturated carbocycles. The maximum absolute atomic E-state index is 13.4. The summed E-state index contributed by atoms with van der Waals surface area (Å²) in [5.41, 5.74) is 3.09. The van der Waals surface area contributed by atoms with E-state index in [1.807, 2.05) is 43.3 Å². The molecule has 10 heteroatoms. The van der Waals surface area contributed by atoms with Crippen LogP contribution in [0.4, 0.5) is 11.4 Å². The molecule has 0 aliphatic heterocycles. The molecule has 3 N–H and O–H groups in total. The Labute approximate surface area is 261 Å². The highest BCUT2D eigenvalue weighted by molar-refractivity contribution is 9.10. The van der Waals surface area contributed by atoms with Gasteiger partial charge in [-0.25, -0.2) is 0 Å². The van der Waals surface area contributed by atoms with Crippen LogP contribution < -0.4 is 20.7 Å². The summed E-state index contributed by atoms with van der Waals surface area (Å²) >= 11 is 10.9. The lowest BCUT2D eigenvalue weighted by molar-refractivity contribution is -0.114. The van der Waals surface area contributed by atoms with Crippen molar-refractivity contribution in [3.05, 3.63) is 123 Å². The fourth-order valence-corrected chi connectivity index (χ4v) is 5.16. The van der Waals surface area contributed by atoms with E-state index in [0.717, 1.165) is 20.5 Å². The van der Waals surface area contributed by atoms with Gasteiger partial charge in [-0.1, -0.05) is 63.9 Å². The van der Waals surface area contributed by atoms with Gasteiger partial charge < -0.3 is 20.7 Å². The van der Waals surface area contributed by atoms with Crippen molar-refractivity contribution < 1.29 is 19.1 Å². The molecule has 0 fully saturated rings. The Hall–Kier alpha value is -4.05. The van der Waals surface area contributed by atoms with Crippen LogP contribution in [0.3, 0.4) is 0 Å². The van der Waals surface area contributed by atoms with Crippen LogP contribution in [0.15, 0.2) is 106 Å². The lowest BCUT2D eigenvalue weighted by Gasteiger charge is -2.13. The molecular formula is C32H27BrClN3O4S. The average Bonchev–Trinajstić information content (AvgIpc) is 2.98. The minimum absolute atomic E-state index is 0.0755. The van der Waals surface area contributed by atoms with Crippen molar-refractivity contribution in [2.75, 3.05) is 23.5 Å². The molecule has 4 aromatic carbocycles. The SMILES string of the molecule is COc1cc(Cl)c(C)cc1NC(=O)CSc1cccc(NC(=O)/C(=C\c2cccc(Br)c2)NC(=O)c2ccccc2)c1. The van der Waals surface area contributed by atoms with Crippen LogP contribution >= 0.6 is 39.3 Å². The van der Waals surface area contributed by atoms with Crippen LogP contribution in [0.25, 0.3) is 6.08 Å². The molecule has 214 valence electrons. The Bertz CT molecular complexity index is 1650. The zero-order chi connectivity index (χ0) is 30.1. The van der Waals surface area contributed by atoms with E-state index in [1.54, 1.807) is 60.7 Å². The lowest BCUT2D eigenvalue weighted by atomic mass is 10.1. The van der Waals surface area contributed by atoms with E-state index in [4.69, 9.17) is 16.3 Å². The molecule has 0 saturated heterocycles. The minimum atomic E-state index is -0.496. The first-order chi connectivity index (χ1) is 20.2. The van der Waals surface area contributed by atoms with E-state index in [9.17, 15) is 14.4 Å². The van der Waals surface area contributed by atoms with Crippen LogP contribution in [0.2, 0.25) is 5.02 Å². The second-order valence-corrected chi connectivity index (χ2v) is 11.4. The summed E-state index contributed by atoms with van der Waals surface area (Å²) in [6, 6.07) is 26.6. The first-order valence-electron chi connectivity index (χ1n) is 12.7. The Morgan fingerprint density at radius 2 is 1.69 bits per heavy atom. The third-order valence-corrected chi connectivity index (χ3v) is 7.80. The van der Waals surface area contributed by atoms with Gasteiger partial charge in [0.15, 0.2) is 0 Å². The van der Waals surface area contributed by atoms with Gasteiger partial charge in [0.25, 0.3) is 11.8 Å². The van der Waals surface area contributed by atoms with Crippen molar-refractivity contribution >= 4 is 74.5 Å². The molecule has 0 radical (unpaired) electrons. The summed E-state index contributed by atoms with van der Waals surface area (Å²) in [7, 11) is 1.51. The Morgan fingerprint density at radius 1 is 0.929 bits per heavy atom. The highest BCUT2D eigenvalue weighted by Crippen LogP contribution is 2.31. The number of amides is 3. The van der Waals surface area contributed by atoms with Crippen molar-refractivity contribution in [1.29, 1.82) is 0 Å². The second-order valence-electron chi connectivity index (χ2n) is 9.05. The van der Waals surface area contributed by atoms with Gasteiger partial charge >= 0.3 is 0 Å². The molecule has 0 spiro atoms. The summed E-state index contributed by atoms with van der Waals surface area (Å²) in [6.07, 6.45) is 1.61. The molecule has 0 aliphatic rings. The molecule has 0 heterocycles. The maximum Gasteiger partial charge on any atom is 0.272 e. The molecule has 0 aliphatic carbocycles. The highest BCUT2D eigenvalue weighted by atomic mass is 79.9. The number of hydrogen-bond donors (Lipinski definition) is 3. The number of halogens is 2. The second kappa shape index (κ2) is 14.7. The highest BCUT2D eigenvalue weighted by Gasteiger charge is 2.16. The van der Waals surface area contributed by atoms with Crippen LogP contribution in [0.5, 0.6) is 5.75 Å². The van der Waals surface area contributed by atoms with Crippen molar-refractivity contribution in [2.45, 2.75) is 11.8 Å². The molecule has 0 atom stereocenters. The van der Waals surface area contributed by atoms with Crippen LogP contribution in [-0.4, -0.2) is 30.6 Å². The topological polar surface area (TPSA) is 96.5 Å². The van der Waals surface area contributed by atoms with Crippen molar-refractivity contribution in [2.24, 2.45) is 0 Å². The molecule has 4 aromatic rings. The van der Waals surface area contributed by atoms with Gasteiger partial charge in [0.1, 0.15) is 11.4 Å². The van der Waals surface area contributed by atoms with Crippen LogP contribution in [-0.2, 0) is 9.59 Å². The van der Waals surface area contributed by atoms with Gasteiger partial charge in [-0.15, -0.1) is 11.8 Å². The third kappa shape index (κ3) is 8.72. The molecule has 0 aromatic heterocycles. The molecule has 0 bridgehead atoms. The maximum atomic E-state index is 13.4. The van der Waals surface area contributed by atoms with E-state index < -0.39 is 11.8 Å². The summed E-state index contributed by atoms with van der Waals surface area (Å²) < 4.78 is 6.17. The number of nitrogens with one attached hydrogen (secondary N) is 3. The molecule has 7 nitrogen and oxygen atoms in total. The average molecular weight is 665 g/mol. The number of carbonyl (C=O) groups excluding carboxylic acids is 3. The Kier molecular flexibility index (Phi) is 10.8. The van der Waals surface area contributed by atoms with Crippen LogP contribution in [0.1, 0.15) is 21.5 Å². The van der Waals surface area contributed by atoms with E-state index in [1.165, 1.54) is 18.9 Å². The largest absolute Gasteiger partial charge is 0.495 e. The van der Waals surface area contributed by atoms with Gasteiger partial charge in [0.05, 0.1) is 18.6 Å². The lowest BCUT2D eigenvalue weighted by Crippen LogP contribution is -2.30. The van der Waals surface area contributed by atoms with E-state index in [2.05, 4.69) is 31.9 Å². The van der Waals surface area contributed by atoms with E-state index in [-0.39, 0.29) is 17.4 Å². The molecule has 0 unspecified atom stereocenters.